The van der Waals surface area contributed by atoms with Crippen LogP contribution in [-0.2, 0) is 14.3 Å². The highest BCUT2D eigenvalue weighted by molar-refractivity contribution is 5.71. The molecule has 0 saturated carbocycles. The van der Waals surface area contributed by atoms with Gasteiger partial charge in [0.2, 0.25) is 0 Å². The van der Waals surface area contributed by atoms with E-state index in [9.17, 15) is 4.79 Å². The maximum Gasteiger partial charge on any atom is 0.332 e. The number of carboxylic acids is 1. The summed E-state index contributed by atoms with van der Waals surface area (Å²) in [6.07, 6.45) is 1.16. The van der Waals surface area contributed by atoms with Gasteiger partial charge < -0.3 is 14.6 Å². The molecule has 1 rings (SSSR count). The van der Waals surface area contributed by atoms with E-state index < -0.39 is 12.1 Å². The molecular weight excluding hydrogens is 184 g/mol. The molecule has 1 heterocycles. The molecule has 3 unspecified atom stereocenters. The van der Waals surface area contributed by atoms with Crippen molar-refractivity contribution in [2.45, 2.75) is 58.0 Å². The van der Waals surface area contributed by atoms with E-state index >= 15 is 0 Å². The van der Waals surface area contributed by atoms with Gasteiger partial charge in [-0.05, 0) is 33.6 Å². The van der Waals surface area contributed by atoms with Crippen molar-refractivity contribution in [3.05, 3.63) is 0 Å². The molecule has 0 aromatic rings. The van der Waals surface area contributed by atoms with Crippen LogP contribution in [-0.4, -0.2) is 35.5 Å². The molecule has 0 spiro atoms. The van der Waals surface area contributed by atoms with Crippen LogP contribution < -0.4 is 0 Å². The van der Waals surface area contributed by atoms with Crippen LogP contribution in [0, 0.1) is 0 Å². The lowest BCUT2D eigenvalue weighted by Crippen LogP contribution is -2.37. The molecule has 1 saturated heterocycles. The zero-order chi connectivity index (χ0) is 10.7. The molecule has 0 aliphatic carbocycles. The number of hydrogen-bond acceptors (Lipinski definition) is 3. The Balaban J connectivity index is 2.40. The fourth-order valence-corrected chi connectivity index (χ4v) is 1.80. The predicted octanol–water partition coefficient (Wildman–Crippen LogP) is 1.43. The lowest BCUT2D eigenvalue weighted by molar-refractivity contribution is -0.162. The third kappa shape index (κ3) is 3.27. The van der Waals surface area contributed by atoms with Crippen molar-refractivity contribution in [2.24, 2.45) is 0 Å². The van der Waals surface area contributed by atoms with Crippen molar-refractivity contribution in [1.29, 1.82) is 0 Å². The van der Waals surface area contributed by atoms with Crippen LogP contribution in [0.2, 0.25) is 0 Å². The summed E-state index contributed by atoms with van der Waals surface area (Å²) >= 11 is 0. The first-order valence-corrected chi connectivity index (χ1v) is 5.02. The van der Waals surface area contributed by atoms with E-state index in [2.05, 4.69) is 0 Å². The first-order valence-electron chi connectivity index (χ1n) is 5.02. The molecular formula is C10H18O4. The third-order valence-electron chi connectivity index (χ3n) is 2.40. The molecule has 14 heavy (non-hydrogen) atoms. The normalized spacial score (nSPS) is 35.2. The van der Waals surface area contributed by atoms with Crippen LogP contribution in [0.4, 0.5) is 0 Å². The minimum atomic E-state index is -0.906. The number of carboxylic acid groups (broad SMARTS) is 1. The second-order valence-corrected chi connectivity index (χ2v) is 3.97. The van der Waals surface area contributed by atoms with Gasteiger partial charge in [0.1, 0.15) is 0 Å². The number of aliphatic carboxylic acids is 1. The molecule has 3 atom stereocenters. The van der Waals surface area contributed by atoms with Gasteiger partial charge in [-0.1, -0.05) is 0 Å². The summed E-state index contributed by atoms with van der Waals surface area (Å²) in [5.41, 5.74) is 0. The molecule has 0 bridgehead atoms. The summed E-state index contributed by atoms with van der Waals surface area (Å²) in [7, 11) is 0. The zero-order valence-electron chi connectivity index (χ0n) is 8.90. The Morgan fingerprint density at radius 3 is 2.36 bits per heavy atom. The molecule has 4 nitrogen and oxygen atoms in total. The second kappa shape index (κ2) is 4.75. The van der Waals surface area contributed by atoms with Gasteiger partial charge in [0.15, 0.2) is 6.10 Å². The summed E-state index contributed by atoms with van der Waals surface area (Å²) in [4.78, 5) is 10.6. The summed E-state index contributed by atoms with van der Waals surface area (Å²) < 4.78 is 10.9. The van der Waals surface area contributed by atoms with Gasteiger partial charge >= 0.3 is 5.97 Å². The van der Waals surface area contributed by atoms with Gasteiger partial charge in [0, 0.05) is 0 Å². The van der Waals surface area contributed by atoms with Gasteiger partial charge in [0.25, 0.3) is 0 Å². The zero-order valence-corrected chi connectivity index (χ0v) is 8.90. The topological polar surface area (TPSA) is 55.8 Å². The largest absolute Gasteiger partial charge is 0.479 e. The summed E-state index contributed by atoms with van der Waals surface area (Å²) in [5, 5.41) is 8.69. The average molecular weight is 202 g/mol. The molecule has 0 aromatic heterocycles. The van der Waals surface area contributed by atoms with Gasteiger partial charge in [-0.25, -0.2) is 4.79 Å². The van der Waals surface area contributed by atoms with E-state index in [1.165, 1.54) is 0 Å². The maximum atomic E-state index is 10.6. The van der Waals surface area contributed by atoms with E-state index in [0.29, 0.717) is 0 Å². The Morgan fingerprint density at radius 1 is 1.43 bits per heavy atom. The van der Waals surface area contributed by atoms with Crippen LogP contribution in [0.1, 0.15) is 33.6 Å². The number of carbonyl (C=O) groups is 1. The summed E-state index contributed by atoms with van der Waals surface area (Å²) in [5.74, 6) is -0.906. The lowest BCUT2D eigenvalue weighted by atomic mass is 10.0. The van der Waals surface area contributed by atoms with E-state index in [-0.39, 0.29) is 18.3 Å². The molecule has 0 amide bonds. The maximum absolute atomic E-state index is 10.6. The Morgan fingerprint density at radius 2 is 1.93 bits per heavy atom. The van der Waals surface area contributed by atoms with Gasteiger partial charge in [-0.3, -0.25) is 0 Å². The minimum Gasteiger partial charge on any atom is -0.479 e. The highest BCUT2D eigenvalue weighted by Crippen LogP contribution is 2.22. The minimum absolute atomic E-state index is 0.0137. The van der Waals surface area contributed by atoms with Crippen LogP contribution in [0.25, 0.3) is 0 Å². The second-order valence-electron chi connectivity index (χ2n) is 3.97. The highest BCUT2D eigenvalue weighted by atomic mass is 16.5. The van der Waals surface area contributed by atoms with Crippen molar-refractivity contribution >= 4 is 5.97 Å². The molecule has 1 aliphatic heterocycles. The van der Waals surface area contributed by atoms with Crippen LogP contribution in [0.3, 0.4) is 0 Å². The van der Waals surface area contributed by atoms with Crippen LogP contribution in [0.5, 0.6) is 0 Å². The first kappa shape index (κ1) is 11.5. The standard InChI is InChI=1S/C10H18O4/c1-6-4-9(5-7(2)13-6)14-8(3)10(11)12/h6-9H,4-5H2,1-3H3,(H,11,12). The smallest absolute Gasteiger partial charge is 0.332 e. The third-order valence-corrected chi connectivity index (χ3v) is 2.40. The SMILES string of the molecule is CC1CC(OC(C)C(=O)O)CC(C)O1. The lowest BCUT2D eigenvalue weighted by Gasteiger charge is -2.32. The van der Waals surface area contributed by atoms with Crippen LogP contribution in [0.15, 0.2) is 0 Å². The molecule has 4 heteroatoms. The quantitative estimate of drug-likeness (QED) is 0.752. The number of rotatable bonds is 3. The Kier molecular flexibility index (Phi) is 3.89. The Hall–Kier alpha value is -0.610. The molecule has 82 valence electrons. The molecule has 1 fully saturated rings. The summed E-state index contributed by atoms with van der Waals surface area (Å²) in [6.45, 7) is 5.53. The molecule has 1 N–H and O–H groups in total. The average Bonchev–Trinajstić information content (AvgIpc) is 2.01. The Bertz CT molecular complexity index is 194. The molecule has 0 aromatic carbocycles. The molecule has 0 radical (unpaired) electrons. The first-order chi connectivity index (χ1) is 6.49. The molecule has 1 aliphatic rings. The summed E-state index contributed by atoms with van der Waals surface area (Å²) in [6, 6.07) is 0. The van der Waals surface area contributed by atoms with E-state index in [0.717, 1.165) is 12.8 Å². The fourth-order valence-electron chi connectivity index (χ4n) is 1.80. The fraction of sp³-hybridized carbons (Fsp3) is 0.900. The van der Waals surface area contributed by atoms with E-state index in [4.69, 9.17) is 14.6 Å². The van der Waals surface area contributed by atoms with Crippen LogP contribution >= 0.6 is 0 Å². The highest BCUT2D eigenvalue weighted by Gasteiger charge is 2.27. The van der Waals surface area contributed by atoms with Crippen molar-refractivity contribution in [2.75, 3.05) is 0 Å². The number of ether oxygens (including phenoxy) is 2. The van der Waals surface area contributed by atoms with Crippen molar-refractivity contribution < 1.29 is 19.4 Å². The van der Waals surface area contributed by atoms with Gasteiger partial charge in [-0.2, -0.15) is 0 Å². The van der Waals surface area contributed by atoms with Crippen molar-refractivity contribution in [3.63, 3.8) is 0 Å². The Labute approximate surface area is 84.2 Å². The van der Waals surface area contributed by atoms with Crippen molar-refractivity contribution in [1.82, 2.24) is 0 Å². The number of hydrogen-bond donors (Lipinski definition) is 1. The monoisotopic (exact) mass is 202 g/mol. The predicted molar refractivity (Wildman–Crippen MR) is 51.2 cm³/mol. The van der Waals surface area contributed by atoms with E-state index in [1.54, 1.807) is 6.92 Å². The van der Waals surface area contributed by atoms with Gasteiger partial charge in [-0.15, -0.1) is 0 Å². The van der Waals surface area contributed by atoms with Crippen molar-refractivity contribution in [3.8, 4) is 0 Å². The van der Waals surface area contributed by atoms with Gasteiger partial charge in [0.05, 0.1) is 18.3 Å². The van der Waals surface area contributed by atoms with E-state index in [1.807, 2.05) is 13.8 Å².